The monoisotopic (exact) mass is 290 g/mol. The Kier molecular flexibility index (Phi) is 5.55. The number of nitrogens with zero attached hydrogens (tertiary/aromatic N) is 1. The Labute approximate surface area is 122 Å². The molecule has 0 saturated carbocycles. The zero-order chi connectivity index (χ0) is 14.2. The minimum atomic E-state index is 0.0224. The van der Waals surface area contributed by atoms with Gasteiger partial charge < -0.3 is 9.88 Å². The number of hydrogen-bond donors (Lipinski definition) is 1. The first kappa shape index (κ1) is 14.5. The minimum Gasteiger partial charge on any atom is -0.356 e. The summed E-state index contributed by atoms with van der Waals surface area (Å²) < 4.78 is 1.69. The molecule has 0 aliphatic rings. The van der Waals surface area contributed by atoms with E-state index in [9.17, 15) is 9.59 Å². The second-order valence-electron chi connectivity index (χ2n) is 4.55. The van der Waals surface area contributed by atoms with Crippen LogP contribution in [0.4, 0.5) is 0 Å². The summed E-state index contributed by atoms with van der Waals surface area (Å²) in [7, 11) is 0. The lowest BCUT2D eigenvalue weighted by molar-refractivity contribution is -0.120. The van der Waals surface area contributed by atoms with Crippen molar-refractivity contribution in [2.75, 3.05) is 6.54 Å². The molecule has 2 heterocycles. The molecule has 106 valence electrons. The van der Waals surface area contributed by atoms with Gasteiger partial charge in [-0.15, -0.1) is 11.3 Å². The number of nitrogens with one attached hydrogen (secondary N) is 1. The van der Waals surface area contributed by atoms with Gasteiger partial charge in [0.05, 0.1) is 6.42 Å². The average molecular weight is 290 g/mol. The smallest absolute Gasteiger partial charge is 0.250 e. The molecule has 2 aromatic rings. The quantitative estimate of drug-likeness (QED) is 0.793. The number of thiophene rings is 1. The summed E-state index contributed by atoms with van der Waals surface area (Å²) >= 11 is 1.59. The lowest BCUT2D eigenvalue weighted by atomic mass is 10.3. The highest BCUT2D eigenvalue weighted by Gasteiger charge is 2.03. The first-order chi connectivity index (χ1) is 9.75. The summed E-state index contributed by atoms with van der Waals surface area (Å²) in [5.74, 6) is 0.0596. The van der Waals surface area contributed by atoms with Crippen molar-refractivity contribution in [2.24, 2.45) is 0 Å². The molecule has 0 aromatic carbocycles. The number of rotatable bonds is 7. The van der Waals surface area contributed by atoms with E-state index < -0.39 is 0 Å². The highest BCUT2D eigenvalue weighted by Crippen LogP contribution is 2.08. The molecule has 5 heteroatoms. The fourth-order valence-electron chi connectivity index (χ4n) is 1.91. The van der Waals surface area contributed by atoms with Crippen molar-refractivity contribution in [1.82, 2.24) is 9.88 Å². The third-order valence-electron chi connectivity index (χ3n) is 2.96. The number of carbonyl (C=O) groups is 1. The number of aryl methyl sites for hydroxylation is 1. The molecule has 2 rings (SSSR count). The van der Waals surface area contributed by atoms with Gasteiger partial charge in [0, 0.05) is 30.2 Å². The van der Waals surface area contributed by atoms with Crippen LogP contribution in [0.15, 0.2) is 46.7 Å². The van der Waals surface area contributed by atoms with E-state index in [1.807, 2.05) is 23.6 Å². The summed E-state index contributed by atoms with van der Waals surface area (Å²) in [5, 5.41) is 4.87. The van der Waals surface area contributed by atoms with Gasteiger partial charge in [-0.1, -0.05) is 12.1 Å². The first-order valence-corrected chi connectivity index (χ1v) is 7.58. The van der Waals surface area contributed by atoms with Crippen LogP contribution in [0.5, 0.6) is 0 Å². The van der Waals surface area contributed by atoms with Crippen molar-refractivity contribution >= 4 is 17.2 Å². The third kappa shape index (κ3) is 4.66. The first-order valence-electron chi connectivity index (χ1n) is 6.70. The molecular formula is C15H18N2O2S. The SMILES string of the molecule is O=C(Cc1cccs1)NCCCCn1ccccc1=O. The topological polar surface area (TPSA) is 51.1 Å². The van der Waals surface area contributed by atoms with Gasteiger partial charge in [0.1, 0.15) is 0 Å². The highest BCUT2D eigenvalue weighted by atomic mass is 32.1. The Balaban J connectivity index is 1.61. The highest BCUT2D eigenvalue weighted by molar-refractivity contribution is 7.10. The molecule has 0 fully saturated rings. The lowest BCUT2D eigenvalue weighted by Crippen LogP contribution is -2.26. The second kappa shape index (κ2) is 7.65. The average Bonchev–Trinajstić information content (AvgIpc) is 2.93. The van der Waals surface area contributed by atoms with Crippen LogP contribution >= 0.6 is 11.3 Å². The fourth-order valence-corrected chi connectivity index (χ4v) is 2.62. The third-order valence-corrected chi connectivity index (χ3v) is 3.84. The fraction of sp³-hybridized carbons (Fsp3) is 0.333. The predicted octanol–water partition coefficient (Wildman–Crippen LogP) is 2.05. The van der Waals surface area contributed by atoms with Crippen molar-refractivity contribution in [3.05, 3.63) is 57.1 Å². The van der Waals surface area contributed by atoms with Gasteiger partial charge >= 0.3 is 0 Å². The van der Waals surface area contributed by atoms with Crippen LogP contribution in [0.2, 0.25) is 0 Å². The maximum absolute atomic E-state index is 11.6. The van der Waals surface area contributed by atoms with E-state index in [-0.39, 0.29) is 11.5 Å². The number of carbonyl (C=O) groups excluding carboxylic acids is 1. The number of aromatic nitrogens is 1. The Bertz CT molecular complexity index is 590. The van der Waals surface area contributed by atoms with Crippen molar-refractivity contribution in [1.29, 1.82) is 0 Å². The van der Waals surface area contributed by atoms with E-state index in [0.29, 0.717) is 19.5 Å². The summed E-state index contributed by atoms with van der Waals surface area (Å²) in [4.78, 5) is 24.2. The Morgan fingerprint density at radius 1 is 1.20 bits per heavy atom. The van der Waals surface area contributed by atoms with Gasteiger partial charge in [-0.2, -0.15) is 0 Å². The molecule has 0 unspecified atom stereocenters. The second-order valence-corrected chi connectivity index (χ2v) is 5.58. The summed E-state index contributed by atoms with van der Waals surface area (Å²) in [6, 6.07) is 9.06. The van der Waals surface area contributed by atoms with Gasteiger partial charge in [0.15, 0.2) is 0 Å². The lowest BCUT2D eigenvalue weighted by Gasteiger charge is -2.06. The Morgan fingerprint density at radius 2 is 2.10 bits per heavy atom. The van der Waals surface area contributed by atoms with E-state index in [1.165, 1.54) is 0 Å². The van der Waals surface area contributed by atoms with Crippen molar-refractivity contribution in [2.45, 2.75) is 25.8 Å². The van der Waals surface area contributed by atoms with Crippen LogP contribution in [0.25, 0.3) is 0 Å². The zero-order valence-electron chi connectivity index (χ0n) is 11.2. The number of pyridine rings is 1. The van der Waals surface area contributed by atoms with E-state index in [2.05, 4.69) is 5.32 Å². The molecule has 1 amide bonds. The summed E-state index contributed by atoms with van der Waals surface area (Å²) in [6.07, 6.45) is 3.99. The van der Waals surface area contributed by atoms with Crippen molar-refractivity contribution < 1.29 is 4.79 Å². The molecule has 0 bridgehead atoms. The molecule has 2 aromatic heterocycles. The summed E-state index contributed by atoms with van der Waals surface area (Å²) in [5.41, 5.74) is 0.0224. The van der Waals surface area contributed by atoms with Crippen LogP contribution in [0.1, 0.15) is 17.7 Å². The normalized spacial score (nSPS) is 10.4. The summed E-state index contributed by atoms with van der Waals surface area (Å²) in [6.45, 7) is 1.35. The van der Waals surface area contributed by atoms with Crippen LogP contribution < -0.4 is 10.9 Å². The molecule has 4 nitrogen and oxygen atoms in total. The van der Waals surface area contributed by atoms with Crippen LogP contribution in [-0.4, -0.2) is 17.0 Å². The number of hydrogen-bond acceptors (Lipinski definition) is 3. The maximum Gasteiger partial charge on any atom is 0.250 e. The molecular weight excluding hydrogens is 272 g/mol. The van der Waals surface area contributed by atoms with Gasteiger partial charge in [-0.3, -0.25) is 9.59 Å². The van der Waals surface area contributed by atoms with Crippen LogP contribution in [-0.2, 0) is 17.8 Å². The number of amides is 1. The number of unbranched alkanes of at least 4 members (excludes halogenated alkanes) is 1. The minimum absolute atomic E-state index is 0.0224. The molecule has 0 aliphatic carbocycles. The maximum atomic E-state index is 11.6. The van der Waals surface area contributed by atoms with Crippen molar-refractivity contribution in [3.8, 4) is 0 Å². The van der Waals surface area contributed by atoms with Crippen LogP contribution in [0, 0.1) is 0 Å². The molecule has 20 heavy (non-hydrogen) atoms. The standard InChI is InChI=1S/C15H18N2O2S/c18-14(12-13-6-5-11-20-13)16-8-2-4-10-17-9-3-1-7-15(17)19/h1,3,5-7,9,11H,2,4,8,10,12H2,(H,16,18). The van der Waals surface area contributed by atoms with E-state index >= 15 is 0 Å². The Hall–Kier alpha value is -1.88. The molecule has 0 spiro atoms. The van der Waals surface area contributed by atoms with Gasteiger partial charge in [-0.05, 0) is 30.4 Å². The Morgan fingerprint density at radius 3 is 2.85 bits per heavy atom. The zero-order valence-corrected chi connectivity index (χ0v) is 12.1. The van der Waals surface area contributed by atoms with Crippen molar-refractivity contribution in [3.63, 3.8) is 0 Å². The van der Waals surface area contributed by atoms with Gasteiger partial charge in [0.2, 0.25) is 11.5 Å². The van der Waals surface area contributed by atoms with Gasteiger partial charge in [0.25, 0.3) is 0 Å². The largest absolute Gasteiger partial charge is 0.356 e. The molecule has 1 N–H and O–H groups in total. The van der Waals surface area contributed by atoms with E-state index in [4.69, 9.17) is 0 Å². The van der Waals surface area contributed by atoms with Crippen LogP contribution in [0.3, 0.4) is 0 Å². The molecule has 0 saturated heterocycles. The van der Waals surface area contributed by atoms with E-state index in [1.54, 1.807) is 34.2 Å². The van der Waals surface area contributed by atoms with E-state index in [0.717, 1.165) is 17.7 Å². The molecule has 0 aliphatic heterocycles. The predicted molar refractivity (Wildman–Crippen MR) is 81.0 cm³/mol. The molecule has 0 atom stereocenters. The molecule has 0 radical (unpaired) electrons. The van der Waals surface area contributed by atoms with Gasteiger partial charge in [-0.25, -0.2) is 0 Å².